The quantitative estimate of drug-likeness (QED) is 0.384. The van der Waals surface area contributed by atoms with Crippen LogP contribution >= 0.6 is 0 Å². The average Bonchev–Trinajstić information content (AvgIpc) is 2.68. The van der Waals surface area contributed by atoms with Crippen molar-refractivity contribution in [3.63, 3.8) is 0 Å². The monoisotopic (exact) mass is 379 g/mol. The van der Waals surface area contributed by atoms with Crippen molar-refractivity contribution < 1.29 is 9.59 Å². The van der Waals surface area contributed by atoms with Crippen molar-refractivity contribution >= 4 is 27.6 Å². The molecule has 0 aliphatic heterocycles. The summed E-state index contributed by atoms with van der Waals surface area (Å²) in [5.74, 6) is -0.494. The summed E-state index contributed by atoms with van der Waals surface area (Å²) in [4.78, 5) is 26.5. The molecule has 3 aromatic carbocycles. The van der Waals surface area contributed by atoms with Gasteiger partial charge < -0.3 is 0 Å². The second kappa shape index (κ2) is 6.96. The number of rotatable bonds is 5. The fourth-order valence-corrected chi connectivity index (χ4v) is 3.40. The molecule has 0 amide bonds. The Balaban J connectivity index is 2.15. The van der Waals surface area contributed by atoms with Crippen LogP contribution in [0.1, 0.15) is 26.3 Å². The van der Waals surface area contributed by atoms with E-state index in [1.807, 2.05) is 30.3 Å². The van der Waals surface area contributed by atoms with E-state index in [0.29, 0.717) is 16.7 Å². The Morgan fingerprint density at radius 1 is 0.583 bits per heavy atom. The molecule has 1 radical (unpaired) electrons. The molecule has 0 fully saturated rings. The van der Waals surface area contributed by atoms with Gasteiger partial charge in [0.25, 0.3) is 0 Å². The molecular formula is C21H15O2Se. The molecule has 0 unspecified atom stereocenters. The molecule has 0 atom stereocenters. The molecule has 0 N–H and O–H groups in total. The summed E-state index contributed by atoms with van der Waals surface area (Å²) in [6.07, 6.45) is 0. The summed E-state index contributed by atoms with van der Waals surface area (Å²) in [6, 6.07) is 26.9. The van der Waals surface area contributed by atoms with E-state index in [0.717, 1.165) is 0 Å². The van der Waals surface area contributed by atoms with Gasteiger partial charge in [-0.05, 0) is 0 Å². The van der Waals surface area contributed by atoms with Gasteiger partial charge in [0.05, 0.1) is 0 Å². The van der Waals surface area contributed by atoms with Gasteiger partial charge >= 0.3 is 149 Å². The average molecular weight is 378 g/mol. The first kappa shape index (κ1) is 16.4. The number of Topliss-reactive ketones (excluding diaryl/α,β-unsaturated/α-hetero) is 2. The number of carbonyl (C=O) groups excluding carboxylic acids is 2. The normalized spacial score (nSPS) is 11.0. The maximum absolute atomic E-state index is 13.2. The van der Waals surface area contributed by atoms with Gasteiger partial charge in [-0.3, -0.25) is 0 Å². The van der Waals surface area contributed by atoms with Gasteiger partial charge in [-0.2, -0.15) is 0 Å². The molecular weight excluding hydrogens is 363 g/mol. The number of hydrogen-bond acceptors (Lipinski definition) is 2. The Bertz CT molecular complexity index is 791. The van der Waals surface area contributed by atoms with Gasteiger partial charge in [-0.15, -0.1) is 0 Å². The van der Waals surface area contributed by atoms with Crippen molar-refractivity contribution in [1.82, 2.24) is 0 Å². The Labute approximate surface area is 149 Å². The van der Waals surface area contributed by atoms with E-state index in [-0.39, 0.29) is 11.6 Å². The zero-order valence-electron chi connectivity index (χ0n) is 12.9. The first-order chi connectivity index (χ1) is 11.6. The Kier molecular flexibility index (Phi) is 4.75. The van der Waals surface area contributed by atoms with Crippen molar-refractivity contribution in [2.75, 3.05) is 0 Å². The molecule has 0 saturated carbocycles. The third kappa shape index (κ3) is 2.96. The topological polar surface area (TPSA) is 34.1 Å². The second-order valence-corrected chi connectivity index (χ2v) is 6.72. The van der Waals surface area contributed by atoms with Crippen molar-refractivity contribution in [3.8, 4) is 0 Å². The standard InChI is InChI=1S/C21H15O2Se/c22-19(16-10-4-1-5-11-16)21(24,18-14-8-3-9-15-18)20(23)17-12-6-2-7-13-17/h1-15H. The molecule has 24 heavy (non-hydrogen) atoms. The zero-order chi connectivity index (χ0) is 17.0. The Morgan fingerprint density at radius 3 is 1.29 bits per heavy atom. The van der Waals surface area contributed by atoms with Crippen molar-refractivity contribution in [1.29, 1.82) is 0 Å². The van der Waals surface area contributed by atoms with Crippen LogP contribution in [0.15, 0.2) is 91.0 Å². The zero-order valence-corrected chi connectivity index (χ0v) is 14.6. The van der Waals surface area contributed by atoms with Gasteiger partial charge in [-0.25, -0.2) is 0 Å². The molecule has 3 heteroatoms. The van der Waals surface area contributed by atoms with Crippen molar-refractivity contribution in [2.45, 2.75) is 4.31 Å². The van der Waals surface area contributed by atoms with Crippen LogP contribution in [-0.2, 0) is 4.31 Å². The predicted octanol–water partition coefficient (Wildman–Crippen LogP) is 3.82. The van der Waals surface area contributed by atoms with Crippen LogP contribution in [0.5, 0.6) is 0 Å². The molecule has 3 rings (SSSR count). The van der Waals surface area contributed by atoms with Gasteiger partial charge in [0.15, 0.2) is 0 Å². The van der Waals surface area contributed by atoms with Crippen LogP contribution in [0.2, 0.25) is 0 Å². The molecule has 0 bridgehead atoms. The summed E-state index contributed by atoms with van der Waals surface area (Å²) in [6.45, 7) is 0. The first-order valence-corrected chi connectivity index (χ1v) is 8.45. The molecule has 0 aromatic heterocycles. The number of hydrogen-bond donors (Lipinski definition) is 0. The molecule has 3 aromatic rings. The third-order valence-corrected chi connectivity index (χ3v) is 5.16. The first-order valence-electron chi connectivity index (χ1n) is 7.59. The third-order valence-electron chi connectivity index (χ3n) is 3.89. The van der Waals surface area contributed by atoms with Crippen LogP contribution < -0.4 is 0 Å². The van der Waals surface area contributed by atoms with E-state index in [2.05, 4.69) is 16.0 Å². The summed E-state index contributed by atoms with van der Waals surface area (Å²) >= 11 is 2.90. The molecule has 0 saturated heterocycles. The summed E-state index contributed by atoms with van der Waals surface area (Å²) < 4.78 is -1.38. The Morgan fingerprint density at radius 2 is 0.917 bits per heavy atom. The summed E-state index contributed by atoms with van der Waals surface area (Å²) in [5.41, 5.74) is 1.65. The van der Waals surface area contributed by atoms with Gasteiger partial charge in [0.2, 0.25) is 0 Å². The molecule has 0 aliphatic carbocycles. The van der Waals surface area contributed by atoms with E-state index >= 15 is 0 Å². The molecule has 0 aliphatic rings. The van der Waals surface area contributed by atoms with Crippen molar-refractivity contribution in [2.24, 2.45) is 0 Å². The van der Waals surface area contributed by atoms with Crippen LogP contribution in [0.4, 0.5) is 0 Å². The summed E-state index contributed by atoms with van der Waals surface area (Å²) in [7, 11) is 0. The number of carbonyl (C=O) groups is 2. The van der Waals surface area contributed by atoms with Crippen LogP contribution in [0.25, 0.3) is 0 Å². The minimum atomic E-state index is -1.38. The predicted molar refractivity (Wildman–Crippen MR) is 95.4 cm³/mol. The second-order valence-electron chi connectivity index (χ2n) is 5.44. The van der Waals surface area contributed by atoms with E-state index in [4.69, 9.17) is 0 Å². The minimum absolute atomic E-state index is 0.247. The number of benzene rings is 3. The molecule has 0 heterocycles. The van der Waals surface area contributed by atoms with Gasteiger partial charge in [0.1, 0.15) is 0 Å². The van der Waals surface area contributed by atoms with E-state index in [9.17, 15) is 9.59 Å². The van der Waals surface area contributed by atoms with Gasteiger partial charge in [-0.1, -0.05) is 0 Å². The van der Waals surface area contributed by atoms with E-state index < -0.39 is 4.31 Å². The molecule has 0 spiro atoms. The fourth-order valence-electron chi connectivity index (χ4n) is 2.62. The Hall–Kier alpha value is -2.48. The molecule has 2 nitrogen and oxygen atoms in total. The number of ketones is 2. The molecule has 117 valence electrons. The van der Waals surface area contributed by atoms with E-state index in [1.165, 1.54) is 0 Å². The maximum atomic E-state index is 13.2. The summed E-state index contributed by atoms with van der Waals surface area (Å²) in [5, 5.41) is 0. The van der Waals surface area contributed by atoms with Crippen LogP contribution in [0.3, 0.4) is 0 Å². The SMILES string of the molecule is O=C(c1ccccc1)C([Se])(C(=O)c1ccccc1)c1ccccc1. The fraction of sp³-hybridized carbons (Fsp3) is 0.0476. The van der Waals surface area contributed by atoms with Crippen molar-refractivity contribution in [3.05, 3.63) is 108 Å². The van der Waals surface area contributed by atoms with Crippen LogP contribution in [0, 0.1) is 0 Å². The van der Waals surface area contributed by atoms with Gasteiger partial charge in [0, 0.05) is 0 Å². The van der Waals surface area contributed by atoms with E-state index in [1.54, 1.807) is 60.7 Å². The van der Waals surface area contributed by atoms with Crippen LogP contribution in [-0.4, -0.2) is 27.6 Å².